The van der Waals surface area contributed by atoms with Crippen molar-refractivity contribution in [3.63, 3.8) is 0 Å². The second-order valence-electron chi connectivity index (χ2n) is 5.42. The van der Waals surface area contributed by atoms with Gasteiger partial charge in [0, 0.05) is 17.3 Å². The largest absolute Gasteiger partial charge is 0.425 e. The highest BCUT2D eigenvalue weighted by Gasteiger charge is 2.18. The Morgan fingerprint density at radius 3 is 2.78 bits per heavy atom. The SMILES string of the molecule is CCCCc1cc(C)cc(-c2cccnc2F)c1OC(=O)CN. The first-order chi connectivity index (χ1) is 11.1. The van der Waals surface area contributed by atoms with Crippen molar-refractivity contribution in [3.8, 4) is 16.9 Å². The van der Waals surface area contributed by atoms with Crippen molar-refractivity contribution >= 4 is 5.97 Å². The highest BCUT2D eigenvalue weighted by molar-refractivity contribution is 5.80. The lowest BCUT2D eigenvalue weighted by atomic mass is 9.96. The van der Waals surface area contributed by atoms with Crippen molar-refractivity contribution < 1.29 is 13.9 Å². The van der Waals surface area contributed by atoms with Crippen molar-refractivity contribution in [1.29, 1.82) is 0 Å². The van der Waals surface area contributed by atoms with Crippen molar-refractivity contribution in [2.24, 2.45) is 5.73 Å². The van der Waals surface area contributed by atoms with Crippen LogP contribution in [-0.2, 0) is 11.2 Å². The standard InChI is InChI=1S/C18H21FN2O2/c1-3-4-6-13-9-12(2)10-15(17(13)23-16(22)11-20)14-7-5-8-21-18(14)19/h5,7-10H,3-4,6,11,20H2,1-2H3. The molecule has 0 amide bonds. The Labute approximate surface area is 135 Å². The number of esters is 1. The second kappa shape index (κ2) is 7.83. The number of nitrogens with zero attached hydrogens (tertiary/aromatic N) is 1. The van der Waals surface area contributed by atoms with Gasteiger partial charge in [0.2, 0.25) is 5.95 Å². The number of hydrogen-bond donors (Lipinski definition) is 1. The van der Waals surface area contributed by atoms with Crippen LogP contribution in [0.25, 0.3) is 11.1 Å². The first-order valence-corrected chi connectivity index (χ1v) is 7.72. The van der Waals surface area contributed by atoms with E-state index in [9.17, 15) is 9.18 Å². The summed E-state index contributed by atoms with van der Waals surface area (Å²) in [6.45, 7) is 3.79. The first kappa shape index (κ1) is 17.1. The quantitative estimate of drug-likeness (QED) is 0.504. The molecule has 0 bridgehead atoms. The fraction of sp³-hybridized carbons (Fsp3) is 0.333. The maximum absolute atomic E-state index is 14.1. The van der Waals surface area contributed by atoms with Gasteiger partial charge in [-0.3, -0.25) is 4.79 Å². The van der Waals surface area contributed by atoms with E-state index < -0.39 is 11.9 Å². The molecule has 2 aromatic rings. The second-order valence-corrected chi connectivity index (χ2v) is 5.42. The Morgan fingerprint density at radius 1 is 1.35 bits per heavy atom. The number of pyridine rings is 1. The van der Waals surface area contributed by atoms with Gasteiger partial charge in [0.15, 0.2) is 0 Å². The number of aryl methyl sites for hydroxylation is 2. The number of hydrogen-bond acceptors (Lipinski definition) is 4. The van der Waals surface area contributed by atoms with Gasteiger partial charge in [-0.2, -0.15) is 4.39 Å². The molecule has 0 unspecified atom stereocenters. The zero-order chi connectivity index (χ0) is 16.8. The number of ether oxygens (including phenoxy) is 1. The van der Waals surface area contributed by atoms with Crippen LogP contribution in [0, 0.1) is 12.9 Å². The zero-order valence-electron chi connectivity index (χ0n) is 13.4. The summed E-state index contributed by atoms with van der Waals surface area (Å²) < 4.78 is 19.5. The lowest BCUT2D eigenvalue weighted by Crippen LogP contribution is -2.20. The third-order valence-corrected chi connectivity index (χ3v) is 3.54. The van der Waals surface area contributed by atoms with Crippen molar-refractivity contribution in [1.82, 2.24) is 4.98 Å². The van der Waals surface area contributed by atoms with Crippen LogP contribution in [0.1, 0.15) is 30.9 Å². The summed E-state index contributed by atoms with van der Waals surface area (Å²) in [4.78, 5) is 15.4. The molecule has 0 radical (unpaired) electrons. The van der Waals surface area contributed by atoms with E-state index in [1.807, 2.05) is 13.0 Å². The molecule has 0 fully saturated rings. The molecule has 1 heterocycles. The lowest BCUT2D eigenvalue weighted by molar-refractivity contribution is -0.132. The minimum Gasteiger partial charge on any atom is -0.425 e. The molecule has 0 aliphatic heterocycles. The summed E-state index contributed by atoms with van der Waals surface area (Å²) in [6, 6.07) is 7.04. The molecule has 122 valence electrons. The molecule has 0 aliphatic rings. The van der Waals surface area contributed by atoms with E-state index in [4.69, 9.17) is 10.5 Å². The van der Waals surface area contributed by atoms with E-state index in [2.05, 4.69) is 11.9 Å². The molecule has 4 nitrogen and oxygen atoms in total. The molecule has 1 aromatic carbocycles. The summed E-state index contributed by atoms with van der Waals surface area (Å²) in [5.41, 5.74) is 8.06. The number of carbonyl (C=O) groups is 1. The molecule has 5 heteroatoms. The van der Waals surface area contributed by atoms with E-state index in [1.165, 1.54) is 6.20 Å². The monoisotopic (exact) mass is 316 g/mol. The summed E-state index contributed by atoms with van der Waals surface area (Å²) in [5.74, 6) is -0.756. The van der Waals surface area contributed by atoms with Crippen LogP contribution in [0.5, 0.6) is 5.75 Å². The third kappa shape index (κ3) is 4.13. The van der Waals surface area contributed by atoms with Crippen molar-refractivity contribution in [2.45, 2.75) is 33.1 Å². The Morgan fingerprint density at radius 2 is 2.13 bits per heavy atom. The van der Waals surface area contributed by atoms with E-state index in [0.717, 1.165) is 30.4 Å². The number of unbranched alkanes of at least 4 members (excludes halogenated alkanes) is 1. The maximum Gasteiger partial charge on any atom is 0.325 e. The van der Waals surface area contributed by atoms with Crippen LogP contribution in [0.3, 0.4) is 0 Å². The molecule has 0 saturated heterocycles. The van der Waals surface area contributed by atoms with Gasteiger partial charge in [-0.15, -0.1) is 0 Å². The predicted molar refractivity (Wildman–Crippen MR) is 87.7 cm³/mol. The fourth-order valence-electron chi connectivity index (χ4n) is 2.46. The highest BCUT2D eigenvalue weighted by Crippen LogP contribution is 2.36. The van der Waals surface area contributed by atoms with Gasteiger partial charge in [-0.25, -0.2) is 4.98 Å². The number of carbonyl (C=O) groups excluding carboxylic acids is 1. The number of rotatable bonds is 6. The molecule has 1 aromatic heterocycles. The first-order valence-electron chi connectivity index (χ1n) is 7.72. The number of halogens is 1. The normalized spacial score (nSPS) is 10.6. The number of benzene rings is 1. The highest BCUT2D eigenvalue weighted by atomic mass is 19.1. The average Bonchev–Trinajstić information content (AvgIpc) is 2.55. The minimum atomic E-state index is -0.593. The molecule has 0 saturated carbocycles. The van der Waals surface area contributed by atoms with Gasteiger partial charge < -0.3 is 10.5 Å². The fourth-order valence-corrected chi connectivity index (χ4v) is 2.46. The summed E-state index contributed by atoms with van der Waals surface area (Å²) in [5, 5.41) is 0. The van der Waals surface area contributed by atoms with Gasteiger partial charge >= 0.3 is 5.97 Å². The Kier molecular flexibility index (Phi) is 5.82. The van der Waals surface area contributed by atoms with E-state index in [1.54, 1.807) is 18.2 Å². The van der Waals surface area contributed by atoms with Gasteiger partial charge in [-0.05, 0) is 49.1 Å². The van der Waals surface area contributed by atoms with Crippen LogP contribution >= 0.6 is 0 Å². The molecule has 23 heavy (non-hydrogen) atoms. The Hall–Kier alpha value is -2.27. The minimum absolute atomic E-state index is 0.226. The van der Waals surface area contributed by atoms with Gasteiger partial charge in [0.1, 0.15) is 5.75 Å². The molecular formula is C18H21FN2O2. The topological polar surface area (TPSA) is 65.2 Å². The lowest BCUT2D eigenvalue weighted by Gasteiger charge is -2.16. The summed E-state index contributed by atoms with van der Waals surface area (Å²) in [6.07, 6.45) is 4.10. The Balaban J connectivity index is 2.60. The molecule has 2 N–H and O–H groups in total. The summed E-state index contributed by atoms with van der Waals surface area (Å²) >= 11 is 0. The van der Waals surface area contributed by atoms with E-state index in [-0.39, 0.29) is 6.54 Å². The smallest absolute Gasteiger partial charge is 0.325 e. The van der Waals surface area contributed by atoms with Crippen molar-refractivity contribution in [2.75, 3.05) is 6.54 Å². The van der Waals surface area contributed by atoms with Gasteiger partial charge in [0.05, 0.1) is 6.54 Å². The van der Waals surface area contributed by atoms with Gasteiger partial charge in [0.25, 0.3) is 0 Å². The van der Waals surface area contributed by atoms with Crippen LogP contribution in [0.2, 0.25) is 0 Å². The maximum atomic E-state index is 14.1. The third-order valence-electron chi connectivity index (χ3n) is 3.54. The van der Waals surface area contributed by atoms with Gasteiger partial charge in [-0.1, -0.05) is 19.4 Å². The van der Waals surface area contributed by atoms with Crippen LogP contribution < -0.4 is 10.5 Å². The average molecular weight is 316 g/mol. The molecular weight excluding hydrogens is 295 g/mol. The van der Waals surface area contributed by atoms with Crippen LogP contribution in [0.15, 0.2) is 30.5 Å². The molecule has 2 rings (SSSR count). The number of aromatic nitrogens is 1. The molecule has 0 spiro atoms. The molecule has 0 atom stereocenters. The Bertz CT molecular complexity index is 701. The van der Waals surface area contributed by atoms with E-state index >= 15 is 0 Å². The predicted octanol–water partition coefficient (Wildman–Crippen LogP) is 3.40. The molecule has 0 aliphatic carbocycles. The van der Waals surface area contributed by atoms with Crippen LogP contribution in [-0.4, -0.2) is 17.5 Å². The van der Waals surface area contributed by atoms with Crippen LogP contribution in [0.4, 0.5) is 4.39 Å². The van der Waals surface area contributed by atoms with E-state index in [0.29, 0.717) is 16.9 Å². The zero-order valence-corrected chi connectivity index (χ0v) is 13.4. The number of nitrogens with two attached hydrogens (primary N) is 1. The summed E-state index contributed by atoms with van der Waals surface area (Å²) in [7, 11) is 0. The van der Waals surface area contributed by atoms with Crippen molar-refractivity contribution in [3.05, 3.63) is 47.5 Å².